The van der Waals surface area contributed by atoms with Crippen molar-refractivity contribution in [2.45, 2.75) is 6.18 Å². The van der Waals surface area contributed by atoms with Crippen LogP contribution >= 0.6 is 23.2 Å². The Morgan fingerprint density at radius 3 is 2.19 bits per heavy atom. The van der Waals surface area contributed by atoms with E-state index in [1.807, 2.05) is 0 Å². The van der Waals surface area contributed by atoms with Crippen molar-refractivity contribution in [3.8, 4) is 0 Å². The largest absolute Gasteiger partial charge is 0.418 e. The number of sulfonamides is 1. The number of hydrogen-bond acceptors (Lipinski definition) is 3. The summed E-state index contributed by atoms with van der Waals surface area (Å²) in [6.07, 6.45) is -3.79. The summed E-state index contributed by atoms with van der Waals surface area (Å²) in [4.78, 5) is 12.2. The predicted molar refractivity (Wildman–Crippen MR) is 94.3 cm³/mol. The zero-order chi connectivity index (χ0) is 19.7. The van der Waals surface area contributed by atoms with Crippen molar-refractivity contribution < 1.29 is 26.4 Å². The van der Waals surface area contributed by atoms with E-state index in [1.54, 1.807) is 0 Å². The maximum absolute atomic E-state index is 13.1. The molecule has 0 saturated heterocycles. The number of rotatable bonds is 4. The van der Waals surface area contributed by atoms with E-state index in [9.17, 15) is 26.4 Å². The fourth-order valence-corrected chi connectivity index (χ4v) is 3.03. The van der Waals surface area contributed by atoms with Crippen LogP contribution in [0.25, 0.3) is 0 Å². The quantitative estimate of drug-likeness (QED) is 0.747. The van der Waals surface area contributed by atoms with Gasteiger partial charge in [0.2, 0.25) is 10.0 Å². The first-order valence-electron chi connectivity index (χ1n) is 6.82. The highest BCUT2D eigenvalue weighted by molar-refractivity contribution is 7.92. The van der Waals surface area contributed by atoms with Crippen molar-refractivity contribution in [3.63, 3.8) is 0 Å². The molecule has 1 amide bonds. The molecule has 0 aromatic heterocycles. The number of benzene rings is 2. The molecule has 11 heteroatoms. The van der Waals surface area contributed by atoms with Gasteiger partial charge < -0.3 is 5.32 Å². The second kappa shape index (κ2) is 7.34. The first kappa shape index (κ1) is 20.3. The summed E-state index contributed by atoms with van der Waals surface area (Å²) < 4.78 is 63.7. The number of amides is 1. The lowest BCUT2D eigenvalue weighted by Crippen LogP contribution is -2.17. The molecule has 0 spiro atoms. The Hall–Kier alpha value is -1.97. The van der Waals surface area contributed by atoms with Crippen molar-refractivity contribution in [1.82, 2.24) is 0 Å². The van der Waals surface area contributed by atoms with Crippen LogP contribution in [0, 0.1) is 0 Å². The first-order valence-corrected chi connectivity index (χ1v) is 9.47. The molecule has 0 unspecified atom stereocenters. The van der Waals surface area contributed by atoms with Crippen LogP contribution in [0.2, 0.25) is 10.0 Å². The predicted octanol–water partition coefficient (Wildman–Crippen LogP) is 4.64. The normalized spacial score (nSPS) is 11.9. The number of anilines is 2. The molecule has 2 N–H and O–H groups in total. The van der Waals surface area contributed by atoms with Gasteiger partial charge in [-0.1, -0.05) is 23.2 Å². The minimum atomic E-state index is -4.71. The van der Waals surface area contributed by atoms with Crippen LogP contribution in [0.1, 0.15) is 15.9 Å². The Morgan fingerprint density at radius 2 is 1.65 bits per heavy atom. The van der Waals surface area contributed by atoms with Gasteiger partial charge in [-0.25, -0.2) is 8.42 Å². The first-order chi connectivity index (χ1) is 11.9. The molecule has 0 radical (unpaired) electrons. The third-order valence-electron chi connectivity index (χ3n) is 3.06. The van der Waals surface area contributed by atoms with Gasteiger partial charge in [-0.3, -0.25) is 9.52 Å². The zero-order valence-electron chi connectivity index (χ0n) is 13.0. The van der Waals surface area contributed by atoms with Gasteiger partial charge in [-0.2, -0.15) is 13.2 Å². The number of halogens is 5. The van der Waals surface area contributed by atoms with E-state index in [0.717, 1.165) is 18.4 Å². The Balaban J connectivity index is 2.30. The summed E-state index contributed by atoms with van der Waals surface area (Å²) >= 11 is 11.5. The highest BCUT2D eigenvalue weighted by atomic mass is 35.5. The molecule has 0 aliphatic heterocycles. The number of carbonyl (C=O) groups is 1. The molecular formula is C15H11Cl2F3N2O3S. The van der Waals surface area contributed by atoms with Crippen molar-refractivity contribution >= 4 is 50.5 Å². The summed E-state index contributed by atoms with van der Waals surface area (Å²) in [5.41, 5.74) is -1.59. The molecule has 140 valence electrons. The standard InChI is InChI=1S/C15H11Cl2F3N2O3S/c1-26(24,25)22-13-4-2-8(6-11(13)17)14(23)21-12-5-3-9(16)7-10(12)15(18,19)20/h2-7,22H,1H3,(H,21,23). The lowest BCUT2D eigenvalue weighted by molar-refractivity contribution is -0.136. The van der Waals surface area contributed by atoms with Gasteiger partial charge in [-0.05, 0) is 36.4 Å². The van der Waals surface area contributed by atoms with Crippen LogP contribution in [-0.4, -0.2) is 20.6 Å². The minimum Gasteiger partial charge on any atom is -0.321 e. The minimum absolute atomic E-state index is 0.0354. The fourth-order valence-electron chi connectivity index (χ4n) is 1.99. The Morgan fingerprint density at radius 1 is 1.04 bits per heavy atom. The van der Waals surface area contributed by atoms with E-state index < -0.39 is 33.4 Å². The van der Waals surface area contributed by atoms with Gasteiger partial charge in [0.05, 0.1) is 28.2 Å². The smallest absolute Gasteiger partial charge is 0.321 e. The highest BCUT2D eigenvalue weighted by Crippen LogP contribution is 2.36. The summed E-state index contributed by atoms with van der Waals surface area (Å²) in [6, 6.07) is 6.52. The van der Waals surface area contributed by atoms with E-state index in [4.69, 9.17) is 23.2 Å². The molecule has 2 aromatic rings. The molecular weight excluding hydrogens is 416 g/mol. The summed E-state index contributed by atoms with van der Waals surface area (Å²) in [7, 11) is -3.58. The fraction of sp³-hybridized carbons (Fsp3) is 0.133. The maximum Gasteiger partial charge on any atom is 0.418 e. The molecule has 0 saturated carbocycles. The average Bonchev–Trinajstić information content (AvgIpc) is 2.48. The third-order valence-corrected chi connectivity index (χ3v) is 4.20. The van der Waals surface area contributed by atoms with E-state index in [-0.39, 0.29) is 21.3 Å². The molecule has 0 heterocycles. The van der Waals surface area contributed by atoms with Gasteiger partial charge >= 0.3 is 6.18 Å². The summed E-state index contributed by atoms with van der Waals surface area (Å²) in [5.74, 6) is -0.856. The van der Waals surface area contributed by atoms with Crippen LogP contribution in [0.15, 0.2) is 36.4 Å². The summed E-state index contributed by atoms with van der Waals surface area (Å²) in [5, 5.41) is 1.92. The molecule has 2 rings (SSSR count). The van der Waals surface area contributed by atoms with E-state index in [1.165, 1.54) is 18.2 Å². The van der Waals surface area contributed by atoms with Crippen LogP contribution in [0.4, 0.5) is 24.5 Å². The van der Waals surface area contributed by atoms with E-state index in [0.29, 0.717) is 6.07 Å². The van der Waals surface area contributed by atoms with Crippen LogP contribution < -0.4 is 10.0 Å². The monoisotopic (exact) mass is 426 g/mol. The number of hydrogen-bond donors (Lipinski definition) is 2. The molecule has 2 aromatic carbocycles. The topological polar surface area (TPSA) is 75.3 Å². The average molecular weight is 427 g/mol. The van der Waals surface area contributed by atoms with Crippen molar-refractivity contribution in [1.29, 1.82) is 0 Å². The molecule has 26 heavy (non-hydrogen) atoms. The second-order valence-electron chi connectivity index (χ2n) is 5.21. The maximum atomic E-state index is 13.1. The van der Waals surface area contributed by atoms with Gasteiger partial charge in [0, 0.05) is 10.6 Å². The van der Waals surface area contributed by atoms with Crippen molar-refractivity contribution in [2.24, 2.45) is 0 Å². The molecule has 0 aliphatic rings. The number of nitrogens with one attached hydrogen (secondary N) is 2. The van der Waals surface area contributed by atoms with Gasteiger partial charge in [0.25, 0.3) is 5.91 Å². The molecule has 0 aliphatic carbocycles. The van der Waals surface area contributed by atoms with Crippen molar-refractivity contribution in [2.75, 3.05) is 16.3 Å². The van der Waals surface area contributed by atoms with Gasteiger partial charge in [-0.15, -0.1) is 0 Å². The second-order valence-corrected chi connectivity index (χ2v) is 7.80. The molecule has 0 atom stereocenters. The Bertz CT molecular complexity index is 963. The van der Waals surface area contributed by atoms with E-state index >= 15 is 0 Å². The van der Waals surface area contributed by atoms with E-state index in [2.05, 4.69) is 10.0 Å². The number of alkyl halides is 3. The van der Waals surface area contributed by atoms with Crippen LogP contribution in [0.3, 0.4) is 0 Å². The van der Waals surface area contributed by atoms with Crippen LogP contribution in [-0.2, 0) is 16.2 Å². The Kier molecular flexibility index (Phi) is 5.74. The zero-order valence-corrected chi connectivity index (χ0v) is 15.3. The van der Waals surface area contributed by atoms with Gasteiger partial charge in [0.1, 0.15) is 0 Å². The summed E-state index contributed by atoms with van der Waals surface area (Å²) in [6.45, 7) is 0. The van der Waals surface area contributed by atoms with Crippen molar-refractivity contribution in [3.05, 3.63) is 57.6 Å². The lowest BCUT2D eigenvalue weighted by atomic mass is 10.1. The van der Waals surface area contributed by atoms with Crippen LogP contribution in [0.5, 0.6) is 0 Å². The molecule has 0 fully saturated rings. The lowest BCUT2D eigenvalue weighted by Gasteiger charge is -2.14. The molecule has 5 nitrogen and oxygen atoms in total. The third kappa shape index (κ3) is 5.26. The highest BCUT2D eigenvalue weighted by Gasteiger charge is 2.34. The Labute approximate surface area is 157 Å². The number of carbonyl (C=O) groups excluding carboxylic acids is 1. The molecule has 0 bridgehead atoms. The SMILES string of the molecule is CS(=O)(=O)Nc1ccc(C(=O)Nc2ccc(Cl)cc2C(F)(F)F)cc1Cl. The van der Waals surface area contributed by atoms with Gasteiger partial charge in [0.15, 0.2) is 0 Å².